The first-order valence-corrected chi connectivity index (χ1v) is 8.67. The van der Waals surface area contributed by atoms with E-state index >= 15 is 0 Å². The lowest BCUT2D eigenvalue weighted by Gasteiger charge is -2.32. The summed E-state index contributed by atoms with van der Waals surface area (Å²) in [7, 11) is 1.32. The van der Waals surface area contributed by atoms with Crippen LogP contribution in [0.15, 0.2) is 30.5 Å². The zero-order chi connectivity index (χ0) is 19.6. The summed E-state index contributed by atoms with van der Waals surface area (Å²) < 4.78 is 5.07. The van der Waals surface area contributed by atoms with Gasteiger partial charge in [-0.3, -0.25) is 14.9 Å². The van der Waals surface area contributed by atoms with Crippen molar-refractivity contribution in [3.8, 4) is 5.88 Å². The van der Waals surface area contributed by atoms with Gasteiger partial charge in [-0.25, -0.2) is 4.98 Å². The lowest BCUT2D eigenvalue weighted by molar-refractivity contribution is -0.386. The summed E-state index contributed by atoms with van der Waals surface area (Å²) >= 11 is 0. The zero-order valence-electron chi connectivity index (χ0n) is 15.4. The Hall–Kier alpha value is -3.23. The highest BCUT2D eigenvalue weighted by molar-refractivity contribution is 5.98. The van der Waals surface area contributed by atoms with Crippen LogP contribution in [0.4, 0.5) is 17.3 Å². The molecule has 0 saturated carbocycles. The second kappa shape index (κ2) is 7.56. The Balaban J connectivity index is 2.11. The smallest absolute Gasteiger partial charge is 0.349 e. The molecule has 0 radical (unpaired) electrons. The Bertz CT molecular complexity index is 873. The Morgan fingerprint density at radius 2 is 2.19 bits per heavy atom. The van der Waals surface area contributed by atoms with E-state index in [2.05, 4.69) is 15.3 Å². The first kappa shape index (κ1) is 18.6. The molecule has 0 spiro atoms. The first-order valence-electron chi connectivity index (χ1n) is 8.67. The normalized spacial score (nSPS) is 17.5. The molecular weight excluding hydrogens is 350 g/mol. The Labute approximate surface area is 156 Å². The van der Waals surface area contributed by atoms with Crippen molar-refractivity contribution in [2.45, 2.75) is 32.9 Å². The van der Waals surface area contributed by atoms with E-state index in [0.29, 0.717) is 6.54 Å². The monoisotopic (exact) mass is 371 g/mol. The maximum absolute atomic E-state index is 12.9. The molecule has 0 bridgehead atoms. The number of nitrogens with one attached hydrogen (secondary N) is 1. The SMILES string of the molecule is CC[C@H](C)[C@H]1C(=O)Nc2ccccc2CN1c1ncc([N+](=O)[O-])c(OC)n1. The van der Waals surface area contributed by atoms with Gasteiger partial charge in [0.05, 0.1) is 12.0 Å². The molecule has 0 aliphatic carbocycles. The summed E-state index contributed by atoms with van der Waals surface area (Å²) in [5.74, 6) is -0.0558. The fraction of sp³-hybridized carbons (Fsp3) is 0.389. The van der Waals surface area contributed by atoms with E-state index in [1.165, 1.54) is 7.11 Å². The summed E-state index contributed by atoms with van der Waals surface area (Å²) in [6, 6.07) is 7.00. The van der Waals surface area contributed by atoms with Crippen LogP contribution in [-0.4, -0.2) is 34.0 Å². The topological polar surface area (TPSA) is 110 Å². The van der Waals surface area contributed by atoms with E-state index in [1.54, 1.807) is 4.90 Å². The van der Waals surface area contributed by atoms with Crippen LogP contribution < -0.4 is 15.0 Å². The van der Waals surface area contributed by atoms with Gasteiger partial charge in [0.2, 0.25) is 11.9 Å². The van der Waals surface area contributed by atoms with Crippen molar-refractivity contribution in [1.29, 1.82) is 0 Å². The van der Waals surface area contributed by atoms with Gasteiger partial charge in [-0.05, 0) is 17.5 Å². The maximum Gasteiger partial charge on any atom is 0.349 e. The molecule has 3 rings (SSSR count). The zero-order valence-corrected chi connectivity index (χ0v) is 15.4. The van der Waals surface area contributed by atoms with Crippen molar-refractivity contribution in [1.82, 2.24) is 9.97 Å². The molecule has 1 aliphatic heterocycles. The number of anilines is 2. The highest BCUT2D eigenvalue weighted by atomic mass is 16.6. The lowest BCUT2D eigenvalue weighted by atomic mass is 9.97. The summed E-state index contributed by atoms with van der Waals surface area (Å²) in [6.45, 7) is 4.38. The minimum absolute atomic E-state index is 0.0177. The van der Waals surface area contributed by atoms with Gasteiger partial charge in [0.1, 0.15) is 12.2 Å². The maximum atomic E-state index is 12.9. The average molecular weight is 371 g/mol. The predicted molar refractivity (Wildman–Crippen MR) is 99.7 cm³/mol. The van der Waals surface area contributed by atoms with E-state index in [9.17, 15) is 14.9 Å². The summed E-state index contributed by atoms with van der Waals surface area (Å²) in [5, 5.41) is 14.1. The molecule has 2 heterocycles. The molecule has 2 atom stereocenters. The number of hydrogen-bond acceptors (Lipinski definition) is 7. The van der Waals surface area contributed by atoms with Gasteiger partial charge in [-0.2, -0.15) is 4.98 Å². The number of ether oxygens (including phenoxy) is 1. The summed E-state index contributed by atoms with van der Waals surface area (Å²) in [6.07, 6.45) is 1.89. The number of nitrogens with zero attached hydrogens (tertiary/aromatic N) is 4. The number of para-hydroxylation sites is 1. The number of fused-ring (bicyclic) bond motifs is 1. The lowest BCUT2D eigenvalue weighted by Crippen LogP contribution is -2.47. The number of nitro groups is 1. The standard InChI is InChI=1S/C18H21N5O4/c1-4-11(2)15-16(24)20-13-8-6-5-7-12(13)10-22(15)18-19-9-14(23(25)26)17(21-18)27-3/h5-9,11,15H,4,10H2,1-3H3,(H,20,24)/t11-,15-/m0/s1. The average Bonchev–Trinajstić information content (AvgIpc) is 2.82. The molecule has 1 aliphatic rings. The third-order valence-electron chi connectivity index (χ3n) is 4.77. The van der Waals surface area contributed by atoms with Gasteiger partial charge >= 0.3 is 5.69 Å². The van der Waals surface area contributed by atoms with Crippen molar-refractivity contribution in [3.05, 3.63) is 46.1 Å². The molecule has 2 aromatic rings. The van der Waals surface area contributed by atoms with Crippen molar-refractivity contribution in [3.63, 3.8) is 0 Å². The highest BCUT2D eigenvalue weighted by Gasteiger charge is 2.36. The molecule has 142 valence electrons. The number of carbonyl (C=O) groups excluding carboxylic acids is 1. The molecule has 1 aromatic carbocycles. The quantitative estimate of drug-likeness (QED) is 0.635. The third-order valence-corrected chi connectivity index (χ3v) is 4.77. The van der Waals surface area contributed by atoms with Crippen LogP contribution in [0.2, 0.25) is 0 Å². The van der Waals surface area contributed by atoms with Crippen molar-refractivity contribution < 1.29 is 14.5 Å². The number of amides is 1. The Kier molecular flexibility index (Phi) is 5.20. The molecule has 1 aromatic heterocycles. The van der Waals surface area contributed by atoms with Gasteiger partial charge in [-0.1, -0.05) is 38.5 Å². The number of rotatable bonds is 5. The molecule has 27 heavy (non-hydrogen) atoms. The number of aromatic nitrogens is 2. The number of methoxy groups -OCH3 is 1. The van der Waals surface area contributed by atoms with Gasteiger partial charge in [0.15, 0.2) is 0 Å². The van der Waals surface area contributed by atoms with E-state index < -0.39 is 11.0 Å². The van der Waals surface area contributed by atoms with Gasteiger partial charge in [-0.15, -0.1) is 0 Å². The van der Waals surface area contributed by atoms with Gasteiger partial charge in [0.25, 0.3) is 5.88 Å². The first-order chi connectivity index (χ1) is 13.0. The number of carbonyl (C=O) groups is 1. The predicted octanol–water partition coefficient (Wildman–Crippen LogP) is 2.77. The molecule has 1 N–H and O–H groups in total. The van der Waals surface area contributed by atoms with Crippen LogP contribution in [0, 0.1) is 16.0 Å². The third kappa shape index (κ3) is 3.53. The Morgan fingerprint density at radius 3 is 2.85 bits per heavy atom. The number of hydrogen-bond donors (Lipinski definition) is 1. The van der Waals surface area contributed by atoms with Gasteiger partial charge in [0, 0.05) is 12.2 Å². The summed E-state index contributed by atoms with van der Waals surface area (Å²) in [4.78, 5) is 33.6. The Morgan fingerprint density at radius 1 is 1.44 bits per heavy atom. The van der Waals surface area contributed by atoms with Crippen molar-refractivity contribution in [2.24, 2.45) is 5.92 Å². The second-order valence-corrected chi connectivity index (χ2v) is 6.43. The fourth-order valence-electron chi connectivity index (χ4n) is 3.16. The van der Waals surface area contributed by atoms with Crippen LogP contribution in [0.25, 0.3) is 0 Å². The highest BCUT2D eigenvalue weighted by Crippen LogP contribution is 2.32. The van der Waals surface area contributed by atoms with E-state index in [1.807, 2.05) is 38.1 Å². The number of benzene rings is 1. The molecule has 0 fully saturated rings. The van der Waals surface area contributed by atoms with E-state index in [4.69, 9.17) is 4.74 Å². The molecule has 9 heteroatoms. The van der Waals surface area contributed by atoms with Crippen molar-refractivity contribution >= 4 is 23.2 Å². The van der Waals surface area contributed by atoms with Crippen LogP contribution in [-0.2, 0) is 11.3 Å². The minimum Gasteiger partial charge on any atom is -0.476 e. The molecule has 0 saturated heterocycles. The van der Waals surface area contributed by atoms with Crippen LogP contribution in [0.1, 0.15) is 25.8 Å². The van der Waals surface area contributed by atoms with Crippen LogP contribution in [0.3, 0.4) is 0 Å². The van der Waals surface area contributed by atoms with E-state index in [-0.39, 0.29) is 29.3 Å². The molecule has 0 unspecified atom stereocenters. The molecule has 1 amide bonds. The summed E-state index contributed by atoms with van der Waals surface area (Å²) in [5.41, 5.74) is 1.34. The van der Waals surface area contributed by atoms with Gasteiger partial charge < -0.3 is 15.0 Å². The molecular formula is C18H21N5O4. The molecule has 9 nitrogen and oxygen atoms in total. The fourth-order valence-corrected chi connectivity index (χ4v) is 3.16. The van der Waals surface area contributed by atoms with Crippen LogP contribution in [0.5, 0.6) is 5.88 Å². The minimum atomic E-state index is -0.598. The van der Waals surface area contributed by atoms with E-state index in [0.717, 1.165) is 23.9 Å². The second-order valence-electron chi connectivity index (χ2n) is 6.43. The van der Waals surface area contributed by atoms with Crippen molar-refractivity contribution in [2.75, 3.05) is 17.3 Å². The van der Waals surface area contributed by atoms with Crippen LogP contribution >= 0.6 is 0 Å². The largest absolute Gasteiger partial charge is 0.476 e.